The third-order valence-electron chi connectivity index (χ3n) is 3.61. The molecular formula is C15H13ClFNO2S. The van der Waals surface area contributed by atoms with Crippen molar-refractivity contribution in [1.29, 1.82) is 0 Å². The molecule has 0 fully saturated rings. The molecule has 0 atom stereocenters. The predicted octanol–water partition coefficient (Wildman–Crippen LogP) is 3.23. The van der Waals surface area contributed by atoms with E-state index in [9.17, 15) is 12.8 Å². The highest BCUT2D eigenvalue weighted by Crippen LogP contribution is 2.27. The van der Waals surface area contributed by atoms with E-state index >= 15 is 0 Å². The van der Waals surface area contributed by atoms with Crippen molar-refractivity contribution in [3.63, 3.8) is 0 Å². The van der Waals surface area contributed by atoms with Crippen molar-refractivity contribution in [1.82, 2.24) is 4.31 Å². The molecule has 2 aromatic rings. The lowest BCUT2D eigenvalue weighted by molar-refractivity contribution is 0.388. The van der Waals surface area contributed by atoms with E-state index in [1.165, 1.54) is 16.4 Å². The first-order valence-corrected chi connectivity index (χ1v) is 8.32. The summed E-state index contributed by atoms with van der Waals surface area (Å²) in [5.74, 6) is -0.818. The first-order valence-electron chi connectivity index (χ1n) is 6.50. The van der Waals surface area contributed by atoms with E-state index in [4.69, 9.17) is 11.6 Å². The molecule has 0 spiro atoms. The van der Waals surface area contributed by atoms with Crippen LogP contribution >= 0.6 is 11.6 Å². The SMILES string of the molecule is O=S(=O)(c1ccc(Cl)cc1F)N1CCc2ccccc2C1. The predicted molar refractivity (Wildman–Crippen MR) is 79.2 cm³/mol. The first-order chi connectivity index (χ1) is 9.98. The summed E-state index contributed by atoms with van der Waals surface area (Å²) < 4.78 is 40.4. The fraction of sp³-hybridized carbons (Fsp3) is 0.200. The molecule has 0 unspecified atom stereocenters. The lowest BCUT2D eigenvalue weighted by atomic mass is 10.0. The van der Waals surface area contributed by atoms with Crippen molar-refractivity contribution in [2.75, 3.05) is 6.54 Å². The highest BCUT2D eigenvalue weighted by Gasteiger charge is 2.30. The van der Waals surface area contributed by atoms with Crippen LogP contribution in [0.2, 0.25) is 5.02 Å². The molecule has 0 saturated carbocycles. The van der Waals surface area contributed by atoms with E-state index in [2.05, 4.69) is 0 Å². The summed E-state index contributed by atoms with van der Waals surface area (Å²) in [6.07, 6.45) is 0.630. The van der Waals surface area contributed by atoms with Gasteiger partial charge in [-0.1, -0.05) is 35.9 Å². The molecule has 0 aliphatic carbocycles. The average molecular weight is 326 g/mol. The van der Waals surface area contributed by atoms with Gasteiger partial charge in [0.25, 0.3) is 0 Å². The number of rotatable bonds is 2. The second kappa shape index (κ2) is 5.40. The van der Waals surface area contributed by atoms with Crippen LogP contribution in [0.15, 0.2) is 47.4 Å². The molecule has 1 aliphatic rings. The van der Waals surface area contributed by atoms with Crippen LogP contribution in [0.1, 0.15) is 11.1 Å². The van der Waals surface area contributed by atoms with Gasteiger partial charge in [0.2, 0.25) is 10.0 Å². The van der Waals surface area contributed by atoms with Crippen molar-refractivity contribution in [2.45, 2.75) is 17.9 Å². The fourth-order valence-electron chi connectivity index (χ4n) is 2.50. The summed E-state index contributed by atoms with van der Waals surface area (Å²) in [6, 6.07) is 11.3. The second-order valence-corrected chi connectivity index (χ2v) is 7.27. The maximum atomic E-state index is 13.9. The van der Waals surface area contributed by atoms with Gasteiger partial charge >= 0.3 is 0 Å². The van der Waals surface area contributed by atoms with Gasteiger partial charge in [0.1, 0.15) is 10.7 Å². The van der Waals surface area contributed by atoms with E-state index in [1.807, 2.05) is 24.3 Å². The molecule has 3 rings (SSSR count). The maximum Gasteiger partial charge on any atom is 0.246 e. The molecule has 0 radical (unpaired) electrons. The first kappa shape index (κ1) is 14.5. The highest BCUT2D eigenvalue weighted by molar-refractivity contribution is 7.89. The largest absolute Gasteiger partial charge is 0.246 e. The molecule has 110 valence electrons. The third kappa shape index (κ3) is 2.69. The minimum atomic E-state index is -3.85. The molecule has 2 aromatic carbocycles. The molecule has 6 heteroatoms. The molecule has 0 saturated heterocycles. The molecule has 1 heterocycles. The van der Waals surface area contributed by atoms with Gasteiger partial charge in [0, 0.05) is 18.1 Å². The van der Waals surface area contributed by atoms with Crippen LogP contribution in [0, 0.1) is 5.82 Å². The molecule has 3 nitrogen and oxygen atoms in total. The average Bonchev–Trinajstić information content (AvgIpc) is 2.46. The Morgan fingerprint density at radius 2 is 1.81 bits per heavy atom. The van der Waals surface area contributed by atoms with E-state index in [-0.39, 0.29) is 16.5 Å². The van der Waals surface area contributed by atoms with Crippen molar-refractivity contribution >= 4 is 21.6 Å². The summed E-state index contributed by atoms with van der Waals surface area (Å²) in [6.45, 7) is 0.613. The van der Waals surface area contributed by atoms with E-state index < -0.39 is 15.8 Å². The van der Waals surface area contributed by atoms with Gasteiger partial charge in [-0.15, -0.1) is 0 Å². The molecule has 0 N–H and O–H groups in total. The topological polar surface area (TPSA) is 37.4 Å². The Bertz CT molecular complexity index is 792. The van der Waals surface area contributed by atoms with Gasteiger partial charge in [0.05, 0.1) is 0 Å². The Morgan fingerprint density at radius 3 is 2.52 bits per heavy atom. The molecule has 0 bridgehead atoms. The Labute approximate surface area is 128 Å². The molecule has 0 amide bonds. The number of halogens is 2. The van der Waals surface area contributed by atoms with Gasteiger partial charge in [-0.3, -0.25) is 0 Å². The van der Waals surface area contributed by atoms with Crippen molar-refractivity contribution in [3.05, 3.63) is 64.4 Å². The summed E-state index contributed by atoms with van der Waals surface area (Å²) in [5.41, 5.74) is 2.10. The van der Waals surface area contributed by atoms with Gasteiger partial charge in [-0.25, -0.2) is 12.8 Å². The van der Waals surface area contributed by atoms with Gasteiger partial charge < -0.3 is 0 Å². The summed E-state index contributed by atoms with van der Waals surface area (Å²) in [4.78, 5) is -0.328. The standard InChI is InChI=1S/C15H13ClFNO2S/c16-13-5-6-15(14(17)9-13)21(19,20)18-8-7-11-3-1-2-4-12(11)10-18/h1-6,9H,7-8,10H2. The second-order valence-electron chi connectivity index (χ2n) is 4.93. The van der Waals surface area contributed by atoms with Crippen LogP contribution in [0.4, 0.5) is 4.39 Å². The zero-order valence-electron chi connectivity index (χ0n) is 11.1. The maximum absolute atomic E-state index is 13.9. The van der Waals surface area contributed by atoms with Gasteiger partial charge in [-0.2, -0.15) is 4.31 Å². The fourth-order valence-corrected chi connectivity index (χ4v) is 4.12. The number of hydrogen-bond donors (Lipinski definition) is 0. The molecule has 21 heavy (non-hydrogen) atoms. The summed E-state index contributed by atoms with van der Waals surface area (Å²) in [7, 11) is -3.85. The Balaban J connectivity index is 1.97. The van der Waals surface area contributed by atoms with Crippen molar-refractivity contribution < 1.29 is 12.8 Å². The number of benzene rings is 2. The summed E-state index contributed by atoms with van der Waals surface area (Å²) >= 11 is 5.67. The monoisotopic (exact) mass is 325 g/mol. The minimum absolute atomic E-state index is 0.176. The zero-order chi connectivity index (χ0) is 15.0. The van der Waals surface area contributed by atoms with Crippen molar-refractivity contribution in [3.8, 4) is 0 Å². The third-order valence-corrected chi connectivity index (χ3v) is 5.72. The highest BCUT2D eigenvalue weighted by atomic mass is 35.5. The number of hydrogen-bond acceptors (Lipinski definition) is 2. The van der Waals surface area contributed by atoms with Crippen LogP contribution in [-0.2, 0) is 23.0 Å². The molecular weight excluding hydrogens is 313 g/mol. The smallest absolute Gasteiger partial charge is 0.207 e. The van der Waals surface area contributed by atoms with Crippen LogP contribution < -0.4 is 0 Å². The Morgan fingerprint density at radius 1 is 1.10 bits per heavy atom. The number of sulfonamides is 1. The Kier molecular flexibility index (Phi) is 3.73. The van der Waals surface area contributed by atoms with Crippen LogP contribution in [-0.4, -0.2) is 19.3 Å². The van der Waals surface area contributed by atoms with Gasteiger partial charge in [0.15, 0.2) is 0 Å². The number of nitrogens with zero attached hydrogens (tertiary/aromatic N) is 1. The summed E-state index contributed by atoms with van der Waals surface area (Å²) in [5, 5.41) is 0.176. The van der Waals surface area contributed by atoms with Crippen LogP contribution in [0.3, 0.4) is 0 Å². The van der Waals surface area contributed by atoms with Crippen LogP contribution in [0.5, 0.6) is 0 Å². The van der Waals surface area contributed by atoms with Crippen molar-refractivity contribution in [2.24, 2.45) is 0 Å². The minimum Gasteiger partial charge on any atom is -0.207 e. The zero-order valence-corrected chi connectivity index (χ0v) is 12.7. The Hall–Kier alpha value is -1.43. The quantitative estimate of drug-likeness (QED) is 0.850. The molecule has 0 aromatic heterocycles. The lowest BCUT2D eigenvalue weighted by Crippen LogP contribution is -2.36. The van der Waals surface area contributed by atoms with E-state index in [0.717, 1.165) is 17.2 Å². The lowest BCUT2D eigenvalue weighted by Gasteiger charge is -2.28. The van der Waals surface area contributed by atoms with Crippen LogP contribution in [0.25, 0.3) is 0 Å². The normalized spacial score (nSPS) is 15.7. The number of fused-ring (bicyclic) bond motifs is 1. The molecule has 1 aliphatic heterocycles. The van der Waals surface area contributed by atoms with E-state index in [1.54, 1.807) is 0 Å². The van der Waals surface area contributed by atoms with E-state index in [0.29, 0.717) is 13.0 Å². The van der Waals surface area contributed by atoms with Gasteiger partial charge in [-0.05, 0) is 35.7 Å².